The molecule has 0 saturated heterocycles. The van der Waals surface area contributed by atoms with Crippen LogP contribution in [-0.4, -0.2) is 5.78 Å². The van der Waals surface area contributed by atoms with E-state index in [0.717, 1.165) is 19.3 Å². The molecule has 0 aliphatic heterocycles. The number of hydrogen-bond acceptors (Lipinski definition) is 1. The highest BCUT2D eigenvalue weighted by molar-refractivity contribution is 9.10. The lowest BCUT2D eigenvalue weighted by molar-refractivity contribution is -0.127. The maximum absolute atomic E-state index is 12.1. The van der Waals surface area contributed by atoms with Crippen LogP contribution in [0.3, 0.4) is 0 Å². The fourth-order valence-corrected chi connectivity index (χ4v) is 3.85. The molecule has 3 unspecified atom stereocenters. The van der Waals surface area contributed by atoms with Gasteiger partial charge in [0.25, 0.3) is 0 Å². The Bertz CT molecular complexity index is 466. The highest BCUT2D eigenvalue weighted by Crippen LogP contribution is 2.47. The number of hydrogen-bond donors (Lipinski definition) is 0. The van der Waals surface area contributed by atoms with Gasteiger partial charge in [0, 0.05) is 16.8 Å². The van der Waals surface area contributed by atoms with E-state index in [-0.39, 0.29) is 0 Å². The van der Waals surface area contributed by atoms with Gasteiger partial charge in [0.05, 0.1) is 0 Å². The number of fused-ring (bicyclic) bond motifs is 3. The first-order chi connectivity index (χ1) is 8.16. The molecule has 0 heterocycles. The summed E-state index contributed by atoms with van der Waals surface area (Å²) in [4.78, 5) is 12.1. The Kier molecular flexibility index (Phi) is 2.86. The summed E-state index contributed by atoms with van der Waals surface area (Å²) in [6, 6.07) is 6.46. The van der Waals surface area contributed by atoms with Gasteiger partial charge in [-0.15, -0.1) is 0 Å². The average molecular weight is 293 g/mol. The van der Waals surface area contributed by atoms with Gasteiger partial charge in [0.15, 0.2) is 0 Å². The van der Waals surface area contributed by atoms with Crippen molar-refractivity contribution in [2.45, 2.75) is 38.5 Å². The third-order valence-electron chi connectivity index (χ3n) is 4.34. The minimum absolute atomic E-state index is 0.311. The monoisotopic (exact) mass is 292 g/mol. The fraction of sp³-hybridized carbons (Fsp3) is 0.533. The van der Waals surface area contributed by atoms with Crippen LogP contribution in [-0.2, 0) is 11.2 Å². The topological polar surface area (TPSA) is 17.1 Å². The summed E-state index contributed by atoms with van der Waals surface area (Å²) in [5.41, 5.74) is 2.87. The van der Waals surface area contributed by atoms with Gasteiger partial charge in [0.1, 0.15) is 5.78 Å². The maximum Gasteiger partial charge on any atom is 0.136 e. The van der Waals surface area contributed by atoms with Crippen molar-refractivity contribution in [3.63, 3.8) is 0 Å². The lowest BCUT2D eigenvalue weighted by Gasteiger charge is -2.39. The highest BCUT2D eigenvalue weighted by atomic mass is 79.9. The van der Waals surface area contributed by atoms with E-state index in [1.807, 2.05) is 0 Å². The van der Waals surface area contributed by atoms with Gasteiger partial charge in [-0.25, -0.2) is 0 Å². The Balaban J connectivity index is 2.08. The molecule has 1 saturated carbocycles. The minimum Gasteiger partial charge on any atom is -0.299 e. The van der Waals surface area contributed by atoms with Crippen molar-refractivity contribution in [2.75, 3.05) is 0 Å². The van der Waals surface area contributed by atoms with Gasteiger partial charge in [0.2, 0.25) is 0 Å². The molecule has 1 fully saturated rings. The van der Waals surface area contributed by atoms with Crippen molar-refractivity contribution in [3.8, 4) is 0 Å². The van der Waals surface area contributed by atoms with E-state index in [2.05, 4.69) is 41.1 Å². The van der Waals surface area contributed by atoms with E-state index in [0.29, 0.717) is 23.5 Å². The van der Waals surface area contributed by atoms with Crippen molar-refractivity contribution in [2.24, 2.45) is 11.8 Å². The van der Waals surface area contributed by atoms with Crippen molar-refractivity contribution in [1.29, 1.82) is 0 Å². The van der Waals surface area contributed by atoms with Crippen molar-refractivity contribution in [1.82, 2.24) is 0 Å². The van der Waals surface area contributed by atoms with E-state index in [4.69, 9.17) is 0 Å². The van der Waals surface area contributed by atoms with Crippen LogP contribution in [0, 0.1) is 11.8 Å². The van der Waals surface area contributed by atoms with E-state index in [9.17, 15) is 4.79 Å². The first-order valence-corrected chi connectivity index (χ1v) is 7.26. The Morgan fingerprint density at radius 2 is 1.94 bits per heavy atom. The summed E-state index contributed by atoms with van der Waals surface area (Å²) in [6.45, 7) is 2.19. The fourth-order valence-electron chi connectivity index (χ4n) is 3.31. The predicted octanol–water partition coefficient (Wildman–Crippen LogP) is 4.09. The summed E-state index contributed by atoms with van der Waals surface area (Å²) in [6.07, 6.45) is 4.09. The summed E-state index contributed by atoms with van der Waals surface area (Å²) in [5.74, 6) is 1.79. The van der Waals surface area contributed by atoms with E-state index >= 15 is 0 Å². The number of ketones is 1. The van der Waals surface area contributed by atoms with Crippen molar-refractivity contribution >= 4 is 21.7 Å². The summed E-state index contributed by atoms with van der Waals surface area (Å²) < 4.78 is 1.22. The van der Waals surface area contributed by atoms with Crippen LogP contribution in [0.4, 0.5) is 0 Å². The first kappa shape index (κ1) is 11.5. The molecule has 3 atom stereocenters. The molecule has 2 aliphatic rings. The highest BCUT2D eigenvalue weighted by Gasteiger charge is 2.40. The lowest BCUT2D eigenvalue weighted by atomic mass is 9.64. The third-order valence-corrected chi connectivity index (χ3v) is 5.09. The third kappa shape index (κ3) is 1.87. The lowest BCUT2D eigenvalue weighted by Crippen LogP contribution is -2.34. The maximum atomic E-state index is 12.1. The molecule has 0 N–H and O–H groups in total. The zero-order chi connectivity index (χ0) is 12.0. The quantitative estimate of drug-likeness (QED) is 0.704. The molecule has 90 valence electrons. The van der Waals surface area contributed by atoms with E-state index < -0.39 is 0 Å². The van der Waals surface area contributed by atoms with Crippen LogP contribution >= 0.6 is 15.9 Å². The number of benzene rings is 1. The van der Waals surface area contributed by atoms with Gasteiger partial charge < -0.3 is 0 Å². The average Bonchev–Trinajstić information content (AvgIpc) is 2.20. The van der Waals surface area contributed by atoms with Gasteiger partial charge in [-0.2, -0.15) is 0 Å². The van der Waals surface area contributed by atoms with Gasteiger partial charge in [-0.3, -0.25) is 4.79 Å². The molecule has 2 aliphatic carbocycles. The van der Waals surface area contributed by atoms with Crippen LogP contribution in [0.15, 0.2) is 22.7 Å². The Hall–Kier alpha value is -0.630. The summed E-state index contributed by atoms with van der Waals surface area (Å²) >= 11 is 3.67. The second-order valence-corrected chi connectivity index (χ2v) is 6.43. The smallest absolute Gasteiger partial charge is 0.136 e. The molecule has 1 aromatic carbocycles. The van der Waals surface area contributed by atoms with Crippen LogP contribution in [0.2, 0.25) is 0 Å². The van der Waals surface area contributed by atoms with Crippen LogP contribution in [0.1, 0.15) is 43.2 Å². The second-order valence-electron chi connectivity index (χ2n) is 5.58. The Labute approximate surface area is 111 Å². The molecule has 1 aromatic rings. The Morgan fingerprint density at radius 3 is 2.65 bits per heavy atom. The SMILES string of the molecule is CC1CC(=O)C2CCC2c2cccc(Br)c2C1. The molecule has 0 radical (unpaired) electrons. The molecular formula is C15H17BrO. The van der Waals surface area contributed by atoms with Crippen LogP contribution in [0.5, 0.6) is 0 Å². The molecule has 1 nitrogen and oxygen atoms in total. The number of rotatable bonds is 0. The van der Waals surface area contributed by atoms with Gasteiger partial charge in [-0.1, -0.05) is 35.0 Å². The van der Waals surface area contributed by atoms with Crippen molar-refractivity contribution in [3.05, 3.63) is 33.8 Å². The van der Waals surface area contributed by atoms with E-state index in [1.54, 1.807) is 0 Å². The molecule has 2 heteroatoms. The summed E-state index contributed by atoms with van der Waals surface area (Å²) in [7, 11) is 0. The molecule has 0 spiro atoms. The van der Waals surface area contributed by atoms with E-state index in [1.165, 1.54) is 22.0 Å². The predicted molar refractivity (Wildman–Crippen MR) is 72.1 cm³/mol. The number of carbonyl (C=O) groups is 1. The summed E-state index contributed by atoms with van der Waals surface area (Å²) in [5, 5.41) is 0. The normalized spacial score (nSPS) is 31.9. The second kappa shape index (κ2) is 4.24. The standard InChI is InChI=1S/C15H17BrO/c1-9-7-13-10(3-2-4-14(13)16)11-5-6-12(11)15(17)8-9/h2-4,9,11-12H,5-8H2,1H3. The molecular weight excluding hydrogens is 276 g/mol. The zero-order valence-corrected chi connectivity index (χ0v) is 11.7. The van der Waals surface area contributed by atoms with Gasteiger partial charge >= 0.3 is 0 Å². The minimum atomic E-state index is 0.311. The number of halogens is 1. The van der Waals surface area contributed by atoms with Crippen LogP contribution in [0.25, 0.3) is 0 Å². The molecule has 0 bridgehead atoms. The Morgan fingerprint density at radius 1 is 1.18 bits per heavy atom. The molecule has 3 rings (SSSR count). The number of carbonyl (C=O) groups excluding carboxylic acids is 1. The first-order valence-electron chi connectivity index (χ1n) is 6.47. The van der Waals surface area contributed by atoms with Crippen molar-refractivity contribution < 1.29 is 4.79 Å². The molecule has 17 heavy (non-hydrogen) atoms. The molecule has 0 amide bonds. The number of Topliss-reactive ketones (excluding diaryl/α,β-unsaturated/α-hetero) is 1. The largest absolute Gasteiger partial charge is 0.299 e. The van der Waals surface area contributed by atoms with Gasteiger partial charge in [-0.05, 0) is 48.3 Å². The zero-order valence-electron chi connectivity index (χ0n) is 10.1. The molecule has 0 aromatic heterocycles. The van der Waals surface area contributed by atoms with Crippen LogP contribution < -0.4 is 0 Å².